The van der Waals surface area contributed by atoms with Crippen LogP contribution in [0.2, 0.25) is 5.02 Å². The van der Waals surface area contributed by atoms with Crippen LogP contribution in [-0.2, 0) is 6.42 Å². The molecule has 1 heterocycles. The molecule has 5 heteroatoms. The second-order valence-corrected chi connectivity index (χ2v) is 5.36. The van der Waals surface area contributed by atoms with Gasteiger partial charge in [-0.15, -0.1) is 0 Å². The van der Waals surface area contributed by atoms with Crippen molar-refractivity contribution in [3.8, 4) is 0 Å². The van der Waals surface area contributed by atoms with Crippen molar-refractivity contribution in [2.24, 2.45) is 0 Å². The Bertz CT molecular complexity index is 640. The van der Waals surface area contributed by atoms with Gasteiger partial charge in [0.25, 0.3) is 0 Å². The molecule has 1 aromatic carbocycles. The molecule has 0 saturated heterocycles. The molecule has 21 heavy (non-hydrogen) atoms. The molecular weight excluding hydrogens is 284 g/mol. The first kappa shape index (κ1) is 15.6. The molecule has 4 nitrogen and oxygen atoms in total. The van der Waals surface area contributed by atoms with Crippen molar-refractivity contribution in [2.75, 3.05) is 17.2 Å². The van der Waals surface area contributed by atoms with E-state index in [4.69, 9.17) is 11.6 Å². The van der Waals surface area contributed by atoms with Gasteiger partial charge in [0.2, 0.25) is 0 Å². The van der Waals surface area contributed by atoms with Gasteiger partial charge in [-0.05, 0) is 38.5 Å². The van der Waals surface area contributed by atoms with Gasteiger partial charge >= 0.3 is 0 Å². The maximum Gasteiger partial charge on any atom is 0.139 e. The predicted molar refractivity (Wildman–Crippen MR) is 89.8 cm³/mol. The number of benzene rings is 1. The van der Waals surface area contributed by atoms with E-state index in [0.717, 1.165) is 47.2 Å². The lowest BCUT2D eigenvalue weighted by Gasteiger charge is -2.15. The summed E-state index contributed by atoms with van der Waals surface area (Å²) in [7, 11) is 0. The molecule has 0 aliphatic rings. The van der Waals surface area contributed by atoms with Gasteiger partial charge in [0.1, 0.15) is 17.5 Å². The van der Waals surface area contributed by atoms with Gasteiger partial charge in [-0.25, -0.2) is 9.97 Å². The predicted octanol–water partition coefficient (Wildman–Crippen LogP) is 4.48. The van der Waals surface area contributed by atoms with E-state index in [1.807, 2.05) is 39.0 Å². The fourth-order valence-electron chi connectivity index (χ4n) is 2.03. The average molecular weight is 305 g/mol. The van der Waals surface area contributed by atoms with E-state index in [-0.39, 0.29) is 0 Å². The molecule has 112 valence electrons. The number of hydrogen-bond acceptors (Lipinski definition) is 4. The van der Waals surface area contributed by atoms with Crippen LogP contribution in [0, 0.1) is 13.8 Å². The minimum atomic E-state index is 0.691. The SMILES string of the molecule is CCNc1nc(CC)nc(Nc2ccc(C)cc2Cl)c1C. The van der Waals surface area contributed by atoms with E-state index in [9.17, 15) is 0 Å². The summed E-state index contributed by atoms with van der Waals surface area (Å²) in [5, 5.41) is 7.29. The van der Waals surface area contributed by atoms with Gasteiger partial charge in [-0.3, -0.25) is 0 Å². The standard InChI is InChI=1S/C16H21ClN4/c1-5-14-20-15(18-6-2)11(4)16(21-14)19-13-8-7-10(3)9-12(13)17/h7-9H,5-6H2,1-4H3,(H2,18,19,20,21). The summed E-state index contributed by atoms with van der Waals surface area (Å²) in [6.07, 6.45) is 0.787. The Hall–Kier alpha value is -1.81. The molecule has 0 spiro atoms. The van der Waals surface area contributed by atoms with Crippen LogP contribution in [0.25, 0.3) is 0 Å². The molecule has 0 amide bonds. The van der Waals surface area contributed by atoms with Crippen molar-refractivity contribution < 1.29 is 0 Å². The van der Waals surface area contributed by atoms with E-state index in [1.54, 1.807) is 0 Å². The third-order valence-electron chi connectivity index (χ3n) is 3.23. The number of nitrogens with one attached hydrogen (secondary N) is 2. The highest BCUT2D eigenvalue weighted by Gasteiger charge is 2.11. The Kier molecular flexibility index (Phi) is 5.02. The molecule has 0 aliphatic heterocycles. The van der Waals surface area contributed by atoms with Crippen LogP contribution in [0.15, 0.2) is 18.2 Å². The molecule has 0 bridgehead atoms. The highest BCUT2D eigenvalue weighted by Crippen LogP contribution is 2.29. The summed E-state index contributed by atoms with van der Waals surface area (Å²) >= 11 is 6.28. The Labute approximate surface area is 131 Å². The van der Waals surface area contributed by atoms with Crippen LogP contribution in [0.5, 0.6) is 0 Å². The van der Waals surface area contributed by atoms with Crippen molar-refractivity contribution >= 4 is 28.9 Å². The minimum absolute atomic E-state index is 0.691. The maximum absolute atomic E-state index is 6.28. The topological polar surface area (TPSA) is 49.8 Å². The molecule has 1 aromatic heterocycles. The Morgan fingerprint density at radius 1 is 1.10 bits per heavy atom. The molecular formula is C16H21ClN4. The second kappa shape index (κ2) is 6.76. The van der Waals surface area contributed by atoms with Crippen molar-refractivity contribution in [3.05, 3.63) is 40.2 Å². The summed E-state index contributed by atoms with van der Waals surface area (Å²) in [5.41, 5.74) is 2.98. The fourth-order valence-corrected chi connectivity index (χ4v) is 2.31. The normalized spacial score (nSPS) is 10.5. The quantitative estimate of drug-likeness (QED) is 0.855. The van der Waals surface area contributed by atoms with Gasteiger partial charge in [0.05, 0.1) is 10.7 Å². The van der Waals surface area contributed by atoms with Crippen LogP contribution >= 0.6 is 11.6 Å². The zero-order chi connectivity index (χ0) is 15.4. The molecule has 2 rings (SSSR count). The molecule has 0 unspecified atom stereocenters. The summed E-state index contributed by atoms with van der Waals surface area (Å²) in [6, 6.07) is 5.93. The molecule has 0 aliphatic carbocycles. The van der Waals surface area contributed by atoms with Crippen LogP contribution in [0.3, 0.4) is 0 Å². The zero-order valence-electron chi connectivity index (χ0n) is 12.9. The minimum Gasteiger partial charge on any atom is -0.370 e. The van der Waals surface area contributed by atoms with Crippen LogP contribution in [-0.4, -0.2) is 16.5 Å². The number of hydrogen-bond donors (Lipinski definition) is 2. The summed E-state index contributed by atoms with van der Waals surface area (Å²) in [6.45, 7) is 8.94. The van der Waals surface area contributed by atoms with Crippen molar-refractivity contribution in [2.45, 2.75) is 34.1 Å². The highest BCUT2D eigenvalue weighted by molar-refractivity contribution is 6.33. The average Bonchev–Trinajstić information content (AvgIpc) is 2.46. The van der Waals surface area contributed by atoms with Gasteiger partial charge in [-0.1, -0.05) is 24.6 Å². The lowest BCUT2D eigenvalue weighted by molar-refractivity contribution is 0.930. The van der Waals surface area contributed by atoms with Crippen molar-refractivity contribution in [1.82, 2.24) is 9.97 Å². The molecule has 0 atom stereocenters. The van der Waals surface area contributed by atoms with Crippen LogP contribution < -0.4 is 10.6 Å². The number of rotatable bonds is 5. The molecule has 2 N–H and O–H groups in total. The Balaban J connectivity index is 2.40. The van der Waals surface area contributed by atoms with E-state index in [1.165, 1.54) is 0 Å². The van der Waals surface area contributed by atoms with Gasteiger partial charge in [0, 0.05) is 18.5 Å². The first-order valence-electron chi connectivity index (χ1n) is 7.19. The summed E-state index contributed by atoms with van der Waals surface area (Å²) in [5.74, 6) is 2.47. The smallest absolute Gasteiger partial charge is 0.139 e. The van der Waals surface area contributed by atoms with Crippen LogP contribution in [0.1, 0.15) is 30.8 Å². The molecule has 0 saturated carbocycles. The Morgan fingerprint density at radius 3 is 2.43 bits per heavy atom. The third kappa shape index (κ3) is 3.64. The first-order chi connectivity index (χ1) is 10.0. The van der Waals surface area contributed by atoms with Gasteiger partial charge in [-0.2, -0.15) is 0 Å². The van der Waals surface area contributed by atoms with Crippen molar-refractivity contribution in [1.29, 1.82) is 0 Å². The number of halogens is 1. The van der Waals surface area contributed by atoms with E-state index >= 15 is 0 Å². The van der Waals surface area contributed by atoms with E-state index < -0.39 is 0 Å². The maximum atomic E-state index is 6.28. The van der Waals surface area contributed by atoms with Crippen molar-refractivity contribution in [3.63, 3.8) is 0 Å². The molecule has 0 fully saturated rings. The fraction of sp³-hybridized carbons (Fsp3) is 0.375. The summed E-state index contributed by atoms with van der Waals surface area (Å²) < 4.78 is 0. The number of nitrogens with zero attached hydrogens (tertiary/aromatic N) is 2. The largest absolute Gasteiger partial charge is 0.370 e. The second-order valence-electron chi connectivity index (χ2n) is 4.95. The van der Waals surface area contributed by atoms with Gasteiger partial charge < -0.3 is 10.6 Å². The number of anilines is 3. The van der Waals surface area contributed by atoms with E-state index in [0.29, 0.717) is 5.02 Å². The van der Waals surface area contributed by atoms with Gasteiger partial charge in [0.15, 0.2) is 0 Å². The first-order valence-corrected chi connectivity index (χ1v) is 7.57. The lowest BCUT2D eigenvalue weighted by Crippen LogP contribution is -2.09. The molecule has 2 aromatic rings. The highest BCUT2D eigenvalue weighted by atomic mass is 35.5. The van der Waals surface area contributed by atoms with E-state index in [2.05, 4.69) is 27.5 Å². The number of aryl methyl sites for hydroxylation is 2. The number of aromatic nitrogens is 2. The summed E-state index contributed by atoms with van der Waals surface area (Å²) in [4.78, 5) is 9.10. The molecule has 0 radical (unpaired) electrons. The lowest BCUT2D eigenvalue weighted by atomic mass is 10.2. The zero-order valence-corrected chi connectivity index (χ0v) is 13.7. The monoisotopic (exact) mass is 304 g/mol. The Morgan fingerprint density at radius 2 is 1.81 bits per heavy atom. The third-order valence-corrected chi connectivity index (χ3v) is 3.54. The van der Waals surface area contributed by atoms with Crippen LogP contribution in [0.4, 0.5) is 17.3 Å².